The molecule has 32 heavy (non-hydrogen) atoms. The van der Waals surface area contributed by atoms with E-state index in [0.717, 1.165) is 59.7 Å². The number of hydrogen-bond donors (Lipinski definition) is 0. The van der Waals surface area contributed by atoms with Crippen molar-refractivity contribution in [3.05, 3.63) is 12.7 Å². The molecule has 0 rings (SSSR count). The highest BCUT2D eigenvalue weighted by molar-refractivity contribution is 4.75. The van der Waals surface area contributed by atoms with Crippen LogP contribution in [0.25, 0.3) is 0 Å². The summed E-state index contributed by atoms with van der Waals surface area (Å²) in [6, 6.07) is 0. The zero-order chi connectivity index (χ0) is 25.3. The van der Waals surface area contributed by atoms with Crippen LogP contribution in [0.4, 0.5) is 0 Å². The highest BCUT2D eigenvalue weighted by atomic mass is 14.3. The SMILES string of the molecule is C=CCC(C)C.CC[C@@H](CC(C)C)C[C@@H](CC(C)C)C[C@@H](CC(C)C)C[C@H](C)CC(C)C. The van der Waals surface area contributed by atoms with Gasteiger partial charge in [0.1, 0.15) is 0 Å². The van der Waals surface area contributed by atoms with Gasteiger partial charge in [0.2, 0.25) is 0 Å². The lowest BCUT2D eigenvalue weighted by atomic mass is 9.75. The maximum absolute atomic E-state index is 3.60. The van der Waals surface area contributed by atoms with Crippen LogP contribution in [0, 0.1) is 53.3 Å². The summed E-state index contributed by atoms with van der Waals surface area (Å²) in [5.41, 5.74) is 0. The molecule has 0 aliphatic carbocycles. The van der Waals surface area contributed by atoms with Crippen LogP contribution in [0.5, 0.6) is 0 Å². The third-order valence-corrected chi connectivity index (χ3v) is 6.57. The van der Waals surface area contributed by atoms with Gasteiger partial charge in [-0.3, -0.25) is 0 Å². The molecule has 0 aliphatic rings. The molecule has 0 saturated heterocycles. The monoisotopic (exact) mass is 451 g/mol. The Balaban J connectivity index is 0. The second-order valence-corrected chi connectivity index (χ2v) is 13.3. The lowest BCUT2D eigenvalue weighted by molar-refractivity contribution is 0.205. The lowest BCUT2D eigenvalue weighted by Gasteiger charge is -2.31. The predicted molar refractivity (Wildman–Crippen MR) is 151 cm³/mol. The van der Waals surface area contributed by atoms with E-state index in [4.69, 9.17) is 0 Å². The maximum Gasteiger partial charge on any atom is -0.0330 e. The fourth-order valence-corrected chi connectivity index (χ4v) is 5.75. The Morgan fingerprint density at radius 3 is 1.16 bits per heavy atom. The molecule has 0 aromatic heterocycles. The largest absolute Gasteiger partial charge is 0.103 e. The molecule has 0 heteroatoms. The molecule has 0 saturated carbocycles. The van der Waals surface area contributed by atoms with E-state index in [0.29, 0.717) is 0 Å². The first-order valence-corrected chi connectivity index (χ1v) is 14.4. The van der Waals surface area contributed by atoms with Crippen molar-refractivity contribution in [1.29, 1.82) is 0 Å². The van der Waals surface area contributed by atoms with Crippen molar-refractivity contribution in [2.75, 3.05) is 0 Å². The van der Waals surface area contributed by atoms with Gasteiger partial charge in [-0.2, -0.15) is 0 Å². The van der Waals surface area contributed by atoms with Crippen molar-refractivity contribution in [3.63, 3.8) is 0 Å². The molecule has 0 radical (unpaired) electrons. The van der Waals surface area contributed by atoms with Crippen molar-refractivity contribution in [1.82, 2.24) is 0 Å². The van der Waals surface area contributed by atoms with E-state index < -0.39 is 0 Å². The minimum absolute atomic E-state index is 0.780. The fourth-order valence-electron chi connectivity index (χ4n) is 5.75. The molecule has 0 aromatic carbocycles. The van der Waals surface area contributed by atoms with E-state index in [9.17, 15) is 0 Å². The Kier molecular flexibility index (Phi) is 21.3. The summed E-state index contributed by atoms with van der Waals surface area (Å²) in [4.78, 5) is 0. The summed E-state index contributed by atoms with van der Waals surface area (Å²) < 4.78 is 0. The summed E-state index contributed by atoms with van der Waals surface area (Å²) in [7, 11) is 0. The molecular formula is C32H66. The zero-order valence-corrected chi connectivity index (χ0v) is 24.8. The minimum Gasteiger partial charge on any atom is -0.103 e. The predicted octanol–water partition coefficient (Wildman–Crippen LogP) is 11.5. The van der Waals surface area contributed by atoms with E-state index in [-0.39, 0.29) is 0 Å². The Morgan fingerprint density at radius 2 is 0.844 bits per heavy atom. The molecule has 0 heterocycles. The second kappa shape index (κ2) is 20.1. The molecule has 0 N–H and O–H groups in total. The Bertz CT molecular complexity index is 400. The molecule has 4 atom stereocenters. The highest BCUT2D eigenvalue weighted by Crippen LogP contribution is 2.35. The van der Waals surface area contributed by atoms with E-state index in [2.05, 4.69) is 89.7 Å². The van der Waals surface area contributed by atoms with Crippen molar-refractivity contribution in [2.45, 2.75) is 141 Å². The number of hydrogen-bond acceptors (Lipinski definition) is 0. The summed E-state index contributed by atoms with van der Waals surface area (Å²) in [5.74, 6) is 7.83. The third-order valence-electron chi connectivity index (χ3n) is 6.57. The normalized spacial score (nSPS) is 15.8. The average Bonchev–Trinajstić information content (AvgIpc) is 2.58. The molecule has 194 valence electrons. The van der Waals surface area contributed by atoms with Crippen LogP contribution in [0.1, 0.15) is 141 Å². The van der Waals surface area contributed by atoms with Crippen LogP contribution in [0.15, 0.2) is 12.7 Å². The summed E-state index contributed by atoms with van der Waals surface area (Å²) >= 11 is 0. The molecule has 0 spiro atoms. The first kappa shape index (κ1) is 33.9. The topological polar surface area (TPSA) is 0 Å². The molecule has 0 aromatic rings. The number of allylic oxidation sites excluding steroid dienone is 1. The van der Waals surface area contributed by atoms with Gasteiger partial charge in [0.05, 0.1) is 0 Å². The van der Waals surface area contributed by atoms with Crippen molar-refractivity contribution < 1.29 is 0 Å². The number of rotatable bonds is 17. The Hall–Kier alpha value is -0.260. The van der Waals surface area contributed by atoms with Gasteiger partial charge in [-0.15, -0.1) is 6.58 Å². The van der Waals surface area contributed by atoms with Crippen LogP contribution in [0.2, 0.25) is 0 Å². The van der Waals surface area contributed by atoms with Gasteiger partial charge in [-0.1, -0.05) is 95.6 Å². The van der Waals surface area contributed by atoms with Gasteiger partial charge in [0.25, 0.3) is 0 Å². The maximum atomic E-state index is 3.60. The van der Waals surface area contributed by atoms with Crippen molar-refractivity contribution >= 4 is 0 Å². The first-order chi connectivity index (χ1) is 14.8. The summed E-state index contributed by atoms with van der Waals surface area (Å²) in [6.07, 6.45) is 14.5. The van der Waals surface area contributed by atoms with Crippen LogP contribution in [-0.2, 0) is 0 Å². The Labute approximate surface area is 206 Å². The highest BCUT2D eigenvalue weighted by Gasteiger charge is 2.23. The van der Waals surface area contributed by atoms with Gasteiger partial charge >= 0.3 is 0 Å². The van der Waals surface area contributed by atoms with Crippen LogP contribution >= 0.6 is 0 Å². The van der Waals surface area contributed by atoms with Gasteiger partial charge in [-0.05, 0) is 105 Å². The van der Waals surface area contributed by atoms with Gasteiger partial charge in [0, 0.05) is 0 Å². The first-order valence-electron chi connectivity index (χ1n) is 14.4. The van der Waals surface area contributed by atoms with E-state index in [1.807, 2.05) is 6.08 Å². The van der Waals surface area contributed by atoms with E-state index >= 15 is 0 Å². The third kappa shape index (κ3) is 22.9. The second-order valence-electron chi connectivity index (χ2n) is 13.3. The molecular weight excluding hydrogens is 384 g/mol. The average molecular weight is 451 g/mol. The minimum atomic E-state index is 0.780. The smallest absolute Gasteiger partial charge is 0.0330 e. The molecule has 0 bridgehead atoms. The van der Waals surface area contributed by atoms with Crippen molar-refractivity contribution in [3.8, 4) is 0 Å². The quantitative estimate of drug-likeness (QED) is 0.193. The summed E-state index contributed by atoms with van der Waals surface area (Å²) in [5, 5.41) is 0. The summed E-state index contributed by atoms with van der Waals surface area (Å²) in [6.45, 7) is 32.1. The zero-order valence-electron chi connectivity index (χ0n) is 24.8. The Morgan fingerprint density at radius 1 is 0.469 bits per heavy atom. The van der Waals surface area contributed by atoms with Crippen molar-refractivity contribution in [2.24, 2.45) is 53.3 Å². The van der Waals surface area contributed by atoms with Crippen LogP contribution < -0.4 is 0 Å². The standard InChI is InChI=1S/C26H54.C6H12/c1-11-24(13-20(4)5)17-26(15-22(8)9)18-25(14-21(6)7)16-23(10)12-19(2)3;1-4-5-6(2)3/h19-26H,11-18H2,1-10H3;4,6H,1,5H2,2-3H3/t23-,24+,25+,26-;/m1./s1. The van der Waals surface area contributed by atoms with Gasteiger partial charge < -0.3 is 0 Å². The molecule has 0 aliphatic heterocycles. The van der Waals surface area contributed by atoms with Gasteiger partial charge in [0.15, 0.2) is 0 Å². The molecule has 0 fully saturated rings. The van der Waals surface area contributed by atoms with Crippen LogP contribution in [0.3, 0.4) is 0 Å². The fraction of sp³-hybridized carbons (Fsp3) is 0.938. The molecule has 0 unspecified atom stereocenters. The van der Waals surface area contributed by atoms with E-state index in [1.165, 1.54) is 51.4 Å². The molecule has 0 nitrogen and oxygen atoms in total. The van der Waals surface area contributed by atoms with E-state index in [1.54, 1.807) is 0 Å². The lowest BCUT2D eigenvalue weighted by Crippen LogP contribution is -2.19. The molecule has 0 amide bonds. The van der Waals surface area contributed by atoms with Crippen LogP contribution in [-0.4, -0.2) is 0 Å². The van der Waals surface area contributed by atoms with Gasteiger partial charge in [-0.25, -0.2) is 0 Å².